The van der Waals surface area contributed by atoms with Gasteiger partial charge in [-0.2, -0.15) is 13.2 Å². The second-order valence-corrected chi connectivity index (χ2v) is 7.44. The predicted molar refractivity (Wildman–Crippen MR) is 93.2 cm³/mol. The van der Waals surface area contributed by atoms with E-state index in [4.69, 9.17) is 14.0 Å². The highest BCUT2D eigenvalue weighted by Gasteiger charge is 2.54. The summed E-state index contributed by atoms with van der Waals surface area (Å²) in [5.41, 5.74) is -1.31. The molecule has 1 aliphatic rings. The molecule has 0 aromatic heterocycles. The van der Waals surface area contributed by atoms with Gasteiger partial charge in [-0.15, -0.1) is 0 Å². The van der Waals surface area contributed by atoms with Crippen molar-refractivity contribution in [3.05, 3.63) is 35.4 Å². The van der Waals surface area contributed by atoms with E-state index in [2.05, 4.69) is 4.74 Å². The number of halogens is 3. The van der Waals surface area contributed by atoms with Gasteiger partial charge in [-0.1, -0.05) is 12.1 Å². The molecule has 0 amide bonds. The van der Waals surface area contributed by atoms with Gasteiger partial charge in [-0.3, -0.25) is 0 Å². The van der Waals surface area contributed by atoms with Crippen LogP contribution in [0.3, 0.4) is 0 Å². The van der Waals surface area contributed by atoms with Crippen molar-refractivity contribution in [1.82, 2.24) is 0 Å². The maximum Gasteiger partial charge on any atom is 0.507 e. The standard InChI is InChI=1S/C18H24BF3O5/c1-16(2)17(3,4)27-19(26-16)14(10-11-25-15(23)24-5)12-6-8-13(9-7-12)18(20,21)22/h6-9,14H,10-11H2,1-5H3. The number of carbonyl (C=O) groups is 1. The van der Waals surface area contributed by atoms with Crippen molar-refractivity contribution >= 4 is 13.3 Å². The van der Waals surface area contributed by atoms with Crippen LogP contribution in [0.5, 0.6) is 0 Å². The molecule has 1 atom stereocenters. The Labute approximate surface area is 157 Å². The van der Waals surface area contributed by atoms with Crippen LogP contribution in [-0.4, -0.2) is 38.2 Å². The number of alkyl halides is 3. The van der Waals surface area contributed by atoms with Gasteiger partial charge < -0.3 is 18.8 Å². The summed E-state index contributed by atoms with van der Waals surface area (Å²) in [6, 6.07) is 4.84. The minimum absolute atomic E-state index is 0.0163. The molecule has 0 saturated carbocycles. The number of methoxy groups -OCH3 is 1. The molecule has 0 bridgehead atoms. The van der Waals surface area contributed by atoms with Gasteiger partial charge in [0.1, 0.15) is 0 Å². The Bertz CT molecular complexity index is 642. The van der Waals surface area contributed by atoms with Gasteiger partial charge in [-0.25, -0.2) is 4.79 Å². The molecule has 1 aliphatic heterocycles. The van der Waals surface area contributed by atoms with E-state index in [9.17, 15) is 18.0 Å². The molecule has 0 N–H and O–H groups in total. The smallest absolute Gasteiger partial charge is 0.438 e. The molecule has 27 heavy (non-hydrogen) atoms. The molecule has 2 rings (SSSR count). The highest BCUT2D eigenvalue weighted by Crippen LogP contribution is 2.42. The Morgan fingerprint density at radius 1 is 1.11 bits per heavy atom. The van der Waals surface area contributed by atoms with E-state index in [0.29, 0.717) is 12.0 Å². The topological polar surface area (TPSA) is 54.0 Å². The average Bonchev–Trinajstić information content (AvgIpc) is 2.78. The molecule has 1 saturated heterocycles. The average molecular weight is 388 g/mol. The maximum absolute atomic E-state index is 12.8. The second-order valence-electron chi connectivity index (χ2n) is 7.44. The Morgan fingerprint density at radius 2 is 1.63 bits per heavy atom. The molecule has 9 heteroatoms. The van der Waals surface area contributed by atoms with Crippen molar-refractivity contribution in [2.45, 2.75) is 57.3 Å². The quantitative estimate of drug-likeness (QED) is 0.546. The maximum atomic E-state index is 12.8. The highest BCUT2D eigenvalue weighted by molar-refractivity contribution is 6.47. The molecule has 1 aromatic carbocycles. The van der Waals surface area contributed by atoms with Crippen molar-refractivity contribution in [1.29, 1.82) is 0 Å². The Hall–Kier alpha value is -1.74. The zero-order valence-corrected chi connectivity index (χ0v) is 16.1. The number of hydrogen-bond acceptors (Lipinski definition) is 5. The van der Waals surface area contributed by atoms with Crippen LogP contribution in [0.15, 0.2) is 24.3 Å². The van der Waals surface area contributed by atoms with Crippen molar-refractivity contribution in [2.75, 3.05) is 13.7 Å². The largest absolute Gasteiger partial charge is 0.507 e. The van der Waals surface area contributed by atoms with E-state index in [1.165, 1.54) is 19.2 Å². The minimum atomic E-state index is -4.41. The van der Waals surface area contributed by atoms with Gasteiger partial charge in [0.25, 0.3) is 0 Å². The van der Waals surface area contributed by atoms with Gasteiger partial charge in [0.15, 0.2) is 0 Å². The van der Waals surface area contributed by atoms with Crippen LogP contribution >= 0.6 is 0 Å². The fraction of sp³-hybridized carbons (Fsp3) is 0.611. The fourth-order valence-corrected chi connectivity index (χ4v) is 2.76. The van der Waals surface area contributed by atoms with E-state index in [1.807, 2.05) is 27.7 Å². The number of ether oxygens (including phenoxy) is 2. The van der Waals surface area contributed by atoms with Gasteiger partial charge >= 0.3 is 19.5 Å². The summed E-state index contributed by atoms with van der Waals surface area (Å²) in [5, 5.41) is 0. The summed E-state index contributed by atoms with van der Waals surface area (Å²) in [6.07, 6.45) is -4.93. The molecular weight excluding hydrogens is 364 g/mol. The minimum Gasteiger partial charge on any atom is -0.438 e. The summed E-state index contributed by atoms with van der Waals surface area (Å²) in [5.74, 6) is -0.419. The molecule has 1 unspecified atom stereocenters. The van der Waals surface area contributed by atoms with Crippen LogP contribution in [0, 0.1) is 0 Å². The number of hydrogen-bond donors (Lipinski definition) is 0. The zero-order chi connectivity index (χ0) is 20.5. The van der Waals surface area contributed by atoms with Gasteiger partial charge in [0.2, 0.25) is 0 Å². The summed E-state index contributed by atoms with van der Waals surface area (Å²) in [4.78, 5) is 11.2. The summed E-state index contributed by atoms with van der Waals surface area (Å²) in [7, 11) is 0.511. The van der Waals surface area contributed by atoms with E-state index >= 15 is 0 Å². The lowest BCUT2D eigenvalue weighted by atomic mass is 9.66. The van der Waals surface area contributed by atoms with E-state index in [0.717, 1.165) is 12.1 Å². The fourth-order valence-electron chi connectivity index (χ4n) is 2.76. The molecule has 1 aromatic rings. The van der Waals surface area contributed by atoms with Crippen LogP contribution in [0.4, 0.5) is 18.0 Å². The van der Waals surface area contributed by atoms with Crippen LogP contribution in [0.1, 0.15) is 51.1 Å². The summed E-state index contributed by atoms with van der Waals surface area (Å²) < 4.78 is 60.0. The van der Waals surface area contributed by atoms with Gasteiger partial charge in [0.05, 0.1) is 30.5 Å². The number of carbonyl (C=O) groups excluding carboxylic acids is 1. The first-order chi connectivity index (χ1) is 12.4. The monoisotopic (exact) mass is 388 g/mol. The normalized spacial score (nSPS) is 19.6. The SMILES string of the molecule is COC(=O)OCCC(B1OC(C)(C)C(C)(C)O1)c1ccc(C(F)(F)F)cc1. The molecule has 1 fully saturated rings. The predicted octanol–water partition coefficient (Wildman–Crippen LogP) is 4.59. The van der Waals surface area contributed by atoms with Crippen molar-refractivity contribution < 1.29 is 36.7 Å². The highest BCUT2D eigenvalue weighted by atomic mass is 19.4. The third kappa shape index (κ3) is 4.96. The molecule has 0 aliphatic carbocycles. The van der Waals surface area contributed by atoms with Crippen molar-refractivity contribution in [3.8, 4) is 0 Å². The lowest BCUT2D eigenvalue weighted by molar-refractivity contribution is -0.137. The van der Waals surface area contributed by atoms with E-state index in [1.54, 1.807) is 0 Å². The first-order valence-electron chi connectivity index (χ1n) is 8.61. The molecule has 1 heterocycles. The van der Waals surface area contributed by atoms with Crippen LogP contribution in [0.25, 0.3) is 0 Å². The number of benzene rings is 1. The van der Waals surface area contributed by atoms with Crippen LogP contribution in [-0.2, 0) is 25.0 Å². The van der Waals surface area contributed by atoms with Gasteiger partial charge in [-0.05, 0) is 51.8 Å². The second kappa shape index (κ2) is 7.71. The molecule has 150 valence electrons. The van der Waals surface area contributed by atoms with Gasteiger partial charge in [0, 0.05) is 5.82 Å². The lowest BCUT2D eigenvalue weighted by Crippen LogP contribution is -2.41. The Balaban J connectivity index is 2.23. The summed E-state index contributed by atoms with van der Waals surface area (Å²) >= 11 is 0. The molecule has 5 nitrogen and oxygen atoms in total. The van der Waals surface area contributed by atoms with E-state index < -0.39 is 42.0 Å². The molecule has 0 radical (unpaired) electrons. The third-order valence-corrected chi connectivity index (χ3v) is 5.08. The number of rotatable bonds is 5. The molecular formula is C18H24BF3O5. The van der Waals surface area contributed by atoms with Crippen molar-refractivity contribution in [3.63, 3.8) is 0 Å². The molecule has 0 spiro atoms. The first kappa shape index (κ1) is 21.6. The third-order valence-electron chi connectivity index (χ3n) is 5.08. The van der Waals surface area contributed by atoms with E-state index in [-0.39, 0.29) is 6.61 Å². The Kier molecular flexibility index (Phi) is 6.16. The van der Waals surface area contributed by atoms with Crippen molar-refractivity contribution in [2.24, 2.45) is 0 Å². The van der Waals surface area contributed by atoms with Crippen LogP contribution in [0.2, 0.25) is 0 Å². The zero-order valence-electron chi connectivity index (χ0n) is 16.1. The Morgan fingerprint density at radius 3 is 2.07 bits per heavy atom. The lowest BCUT2D eigenvalue weighted by Gasteiger charge is -2.32. The van der Waals surface area contributed by atoms with Crippen LogP contribution < -0.4 is 0 Å². The summed E-state index contributed by atoms with van der Waals surface area (Å²) in [6.45, 7) is 7.58. The first-order valence-corrected chi connectivity index (χ1v) is 8.61.